The molecule has 0 aliphatic rings. The number of aromatic nitrogens is 5. The third-order valence-electron chi connectivity index (χ3n) is 3.51. The molecule has 0 fully saturated rings. The maximum absolute atomic E-state index is 12.2. The SMILES string of the molecule is C#Cc1cc2nc(-c3ccc(-n4ccnc4)nn3)oc(=O)c2cc1Cl. The molecule has 0 spiro atoms. The monoisotopic (exact) mass is 349 g/mol. The van der Waals surface area contributed by atoms with Gasteiger partial charge >= 0.3 is 5.63 Å². The molecule has 0 N–H and O–H groups in total. The Labute approximate surface area is 145 Å². The summed E-state index contributed by atoms with van der Waals surface area (Å²) in [5, 5.41) is 8.66. The van der Waals surface area contributed by atoms with Gasteiger partial charge in [-0.05, 0) is 24.3 Å². The Morgan fingerprint density at radius 3 is 2.80 bits per heavy atom. The molecule has 0 atom stereocenters. The van der Waals surface area contributed by atoms with Crippen LogP contribution in [0.25, 0.3) is 28.3 Å². The van der Waals surface area contributed by atoms with Crippen LogP contribution in [0, 0.1) is 12.3 Å². The summed E-state index contributed by atoms with van der Waals surface area (Å²) in [6.07, 6.45) is 10.4. The molecule has 0 saturated carbocycles. The van der Waals surface area contributed by atoms with E-state index < -0.39 is 5.63 Å². The lowest BCUT2D eigenvalue weighted by atomic mass is 10.1. The van der Waals surface area contributed by atoms with Crippen LogP contribution in [0.4, 0.5) is 0 Å². The summed E-state index contributed by atoms with van der Waals surface area (Å²) >= 11 is 6.02. The van der Waals surface area contributed by atoms with Gasteiger partial charge in [0.1, 0.15) is 12.0 Å². The van der Waals surface area contributed by atoms with Crippen LogP contribution in [0.3, 0.4) is 0 Å². The molecule has 1 aromatic carbocycles. The third-order valence-corrected chi connectivity index (χ3v) is 3.82. The topological polar surface area (TPSA) is 86.7 Å². The fraction of sp³-hybridized carbons (Fsp3) is 0. The predicted octanol–water partition coefficient (Wildman–Crippen LogP) is 2.47. The molecular formula is C17H8ClN5O2. The third kappa shape index (κ3) is 2.65. The van der Waals surface area contributed by atoms with Crippen LogP contribution in [-0.2, 0) is 0 Å². The Morgan fingerprint density at radius 2 is 2.12 bits per heavy atom. The lowest BCUT2D eigenvalue weighted by Gasteiger charge is -2.04. The van der Waals surface area contributed by atoms with Gasteiger partial charge in [-0.15, -0.1) is 16.6 Å². The highest BCUT2D eigenvalue weighted by atomic mass is 35.5. The molecule has 0 radical (unpaired) electrons. The largest absolute Gasteiger partial charge is 0.401 e. The van der Waals surface area contributed by atoms with Crippen LogP contribution in [-0.4, -0.2) is 24.7 Å². The number of terminal acetylenes is 1. The number of benzene rings is 1. The van der Waals surface area contributed by atoms with Crippen molar-refractivity contribution in [3.63, 3.8) is 0 Å². The van der Waals surface area contributed by atoms with Gasteiger partial charge in [0.05, 0.1) is 15.9 Å². The number of nitrogens with zero attached hydrogens (tertiary/aromatic N) is 5. The molecule has 120 valence electrons. The first kappa shape index (κ1) is 15.1. The Balaban J connectivity index is 1.83. The Morgan fingerprint density at radius 1 is 1.24 bits per heavy atom. The van der Waals surface area contributed by atoms with Crippen molar-refractivity contribution in [2.75, 3.05) is 0 Å². The summed E-state index contributed by atoms with van der Waals surface area (Å²) in [5.41, 5.74) is 0.565. The number of hydrogen-bond donors (Lipinski definition) is 0. The van der Waals surface area contributed by atoms with E-state index in [1.54, 1.807) is 41.5 Å². The van der Waals surface area contributed by atoms with Gasteiger partial charge in [0, 0.05) is 18.0 Å². The number of halogens is 1. The summed E-state index contributed by atoms with van der Waals surface area (Å²) in [4.78, 5) is 20.5. The van der Waals surface area contributed by atoms with E-state index in [1.807, 2.05) is 0 Å². The summed E-state index contributed by atoms with van der Waals surface area (Å²) in [6.45, 7) is 0. The Bertz CT molecular complexity index is 1170. The number of imidazole rings is 1. The average Bonchev–Trinajstić information content (AvgIpc) is 3.16. The second kappa shape index (κ2) is 5.85. The van der Waals surface area contributed by atoms with E-state index in [2.05, 4.69) is 26.1 Å². The van der Waals surface area contributed by atoms with Crippen LogP contribution in [0.1, 0.15) is 5.56 Å². The molecule has 8 heteroatoms. The lowest BCUT2D eigenvalue weighted by molar-refractivity contribution is 0.515. The Hall–Kier alpha value is -3.50. The minimum atomic E-state index is -0.578. The highest BCUT2D eigenvalue weighted by molar-refractivity contribution is 6.32. The first-order valence-corrected chi connectivity index (χ1v) is 7.47. The molecule has 25 heavy (non-hydrogen) atoms. The molecule has 0 saturated heterocycles. The van der Waals surface area contributed by atoms with Crippen molar-refractivity contribution >= 4 is 22.5 Å². The maximum atomic E-state index is 12.2. The van der Waals surface area contributed by atoms with E-state index >= 15 is 0 Å². The quantitative estimate of drug-likeness (QED) is 0.517. The first-order valence-electron chi connectivity index (χ1n) is 7.09. The minimum absolute atomic E-state index is 0.0486. The van der Waals surface area contributed by atoms with Crippen molar-refractivity contribution in [1.82, 2.24) is 24.7 Å². The highest BCUT2D eigenvalue weighted by Gasteiger charge is 2.13. The predicted molar refractivity (Wildman–Crippen MR) is 91.4 cm³/mol. The van der Waals surface area contributed by atoms with E-state index in [-0.39, 0.29) is 11.3 Å². The van der Waals surface area contributed by atoms with Gasteiger partial charge in [0.15, 0.2) is 5.82 Å². The fourth-order valence-electron chi connectivity index (χ4n) is 2.28. The van der Waals surface area contributed by atoms with Crippen LogP contribution in [0.15, 0.2) is 52.2 Å². The molecule has 3 aromatic heterocycles. The van der Waals surface area contributed by atoms with Crippen LogP contribution in [0.5, 0.6) is 0 Å². The van der Waals surface area contributed by atoms with Gasteiger partial charge in [0.25, 0.3) is 5.89 Å². The first-order chi connectivity index (χ1) is 12.2. The molecule has 4 rings (SSSR count). The fourth-order valence-corrected chi connectivity index (χ4v) is 2.50. The van der Waals surface area contributed by atoms with Crippen molar-refractivity contribution in [2.24, 2.45) is 0 Å². The van der Waals surface area contributed by atoms with E-state index in [4.69, 9.17) is 22.4 Å². The Kier molecular flexibility index (Phi) is 3.52. The summed E-state index contributed by atoms with van der Waals surface area (Å²) in [6, 6.07) is 6.37. The van der Waals surface area contributed by atoms with Gasteiger partial charge < -0.3 is 4.42 Å². The molecular weight excluding hydrogens is 342 g/mol. The molecule has 7 nitrogen and oxygen atoms in total. The molecule has 0 unspecified atom stereocenters. The van der Waals surface area contributed by atoms with Gasteiger partial charge in [0.2, 0.25) is 0 Å². The second-order valence-corrected chi connectivity index (χ2v) is 5.45. The van der Waals surface area contributed by atoms with E-state index in [9.17, 15) is 4.79 Å². The van der Waals surface area contributed by atoms with Gasteiger partial charge in [-0.1, -0.05) is 17.5 Å². The lowest BCUT2D eigenvalue weighted by Crippen LogP contribution is -2.05. The standard InChI is InChI=1S/C17H8ClN5O2/c1-2-10-7-14-11(8-12(10)18)17(24)25-16(20-14)13-3-4-15(22-21-13)23-6-5-19-9-23/h1,3-9H. The highest BCUT2D eigenvalue weighted by Crippen LogP contribution is 2.22. The average molecular weight is 350 g/mol. The van der Waals surface area contributed by atoms with E-state index in [1.165, 1.54) is 6.07 Å². The van der Waals surface area contributed by atoms with Crippen LogP contribution < -0.4 is 5.63 Å². The van der Waals surface area contributed by atoms with Crippen molar-refractivity contribution in [1.29, 1.82) is 0 Å². The van der Waals surface area contributed by atoms with Gasteiger partial charge in [-0.25, -0.2) is 14.8 Å². The van der Waals surface area contributed by atoms with E-state index in [0.29, 0.717) is 27.6 Å². The number of hydrogen-bond acceptors (Lipinski definition) is 6. The van der Waals surface area contributed by atoms with Crippen LogP contribution in [0.2, 0.25) is 5.02 Å². The van der Waals surface area contributed by atoms with Crippen molar-refractivity contribution in [3.8, 4) is 29.7 Å². The zero-order valence-corrected chi connectivity index (χ0v) is 13.3. The summed E-state index contributed by atoms with van der Waals surface area (Å²) < 4.78 is 6.93. The zero-order chi connectivity index (χ0) is 17.4. The molecule has 0 bridgehead atoms. The number of fused-ring (bicyclic) bond motifs is 1. The summed E-state index contributed by atoms with van der Waals surface area (Å²) in [5.74, 6) is 3.07. The van der Waals surface area contributed by atoms with Crippen molar-refractivity contribution < 1.29 is 4.42 Å². The second-order valence-electron chi connectivity index (χ2n) is 5.05. The zero-order valence-electron chi connectivity index (χ0n) is 12.5. The molecule has 0 amide bonds. The van der Waals surface area contributed by atoms with E-state index in [0.717, 1.165) is 0 Å². The minimum Gasteiger partial charge on any atom is -0.401 e. The van der Waals surface area contributed by atoms with Crippen molar-refractivity contribution in [2.45, 2.75) is 0 Å². The molecule has 0 aliphatic heterocycles. The molecule has 3 heterocycles. The van der Waals surface area contributed by atoms with Crippen molar-refractivity contribution in [3.05, 3.63) is 64.0 Å². The maximum Gasteiger partial charge on any atom is 0.347 e. The number of rotatable bonds is 2. The van der Waals surface area contributed by atoms with Gasteiger partial charge in [-0.2, -0.15) is 0 Å². The smallest absolute Gasteiger partial charge is 0.347 e. The molecule has 0 aliphatic carbocycles. The van der Waals surface area contributed by atoms with Crippen LogP contribution >= 0.6 is 11.6 Å². The normalized spacial score (nSPS) is 10.7. The summed E-state index contributed by atoms with van der Waals surface area (Å²) in [7, 11) is 0. The molecule has 4 aromatic rings. The van der Waals surface area contributed by atoms with Gasteiger partial charge in [-0.3, -0.25) is 4.57 Å².